The van der Waals surface area contributed by atoms with Crippen LogP contribution in [0.5, 0.6) is 0 Å². The van der Waals surface area contributed by atoms with E-state index in [4.69, 9.17) is 10.00 Å². The Balaban J connectivity index is 3.99. The van der Waals surface area contributed by atoms with Gasteiger partial charge in [0.25, 0.3) is 0 Å². The number of hydrogen-bond acceptors (Lipinski definition) is 3. The van der Waals surface area contributed by atoms with E-state index in [0.29, 0.717) is 18.9 Å². The van der Waals surface area contributed by atoms with Crippen LogP contribution in [0.2, 0.25) is 0 Å². The lowest BCUT2D eigenvalue weighted by molar-refractivity contribution is -0.146. The fourth-order valence-electron chi connectivity index (χ4n) is 0.916. The van der Waals surface area contributed by atoms with E-state index in [-0.39, 0.29) is 0 Å². The smallest absolute Gasteiger partial charge is 0.323 e. The van der Waals surface area contributed by atoms with Gasteiger partial charge < -0.3 is 4.74 Å². The molecule has 0 spiro atoms. The molecule has 1 atom stereocenters. The van der Waals surface area contributed by atoms with Crippen molar-refractivity contribution in [3.05, 3.63) is 0 Å². The number of esters is 1. The van der Waals surface area contributed by atoms with E-state index in [1.165, 1.54) is 0 Å². The number of rotatable bonds is 4. The van der Waals surface area contributed by atoms with Crippen LogP contribution >= 0.6 is 0 Å². The lowest BCUT2D eigenvalue weighted by Crippen LogP contribution is -2.17. The van der Waals surface area contributed by atoms with Gasteiger partial charge in [0.1, 0.15) is 5.92 Å². The van der Waals surface area contributed by atoms with E-state index in [1.807, 2.05) is 19.9 Å². The summed E-state index contributed by atoms with van der Waals surface area (Å²) in [4.78, 5) is 11.1. The minimum Gasteiger partial charge on any atom is -0.465 e. The second-order valence-corrected chi connectivity index (χ2v) is 3.06. The van der Waals surface area contributed by atoms with Crippen molar-refractivity contribution in [3.8, 4) is 6.07 Å². The third-order valence-electron chi connectivity index (χ3n) is 1.43. The van der Waals surface area contributed by atoms with Crippen molar-refractivity contribution < 1.29 is 9.53 Å². The van der Waals surface area contributed by atoms with Gasteiger partial charge in [0, 0.05) is 0 Å². The SMILES string of the molecule is CCOC(=O)C(C#N)CC(C)C. The van der Waals surface area contributed by atoms with Crippen LogP contribution in [0.1, 0.15) is 27.2 Å². The molecule has 0 aromatic carbocycles. The molecule has 0 aliphatic carbocycles. The molecule has 0 amide bonds. The standard InChI is InChI=1S/C9H15NO2/c1-4-12-9(11)8(6-10)5-7(2)3/h7-8H,4-5H2,1-3H3. The second kappa shape index (κ2) is 5.59. The third kappa shape index (κ3) is 3.97. The molecule has 0 bridgehead atoms. The van der Waals surface area contributed by atoms with Crippen molar-refractivity contribution in [2.75, 3.05) is 6.61 Å². The maximum absolute atomic E-state index is 11.1. The van der Waals surface area contributed by atoms with Crippen LogP contribution in [0.25, 0.3) is 0 Å². The third-order valence-corrected chi connectivity index (χ3v) is 1.43. The molecule has 3 nitrogen and oxygen atoms in total. The Morgan fingerprint density at radius 3 is 2.50 bits per heavy atom. The fraction of sp³-hybridized carbons (Fsp3) is 0.778. The second-order valence-electron chi connectivity index (χ2n) is 3.06. The van der Waals surface area contributed by atoms with Crippen LogP contribution in [-0.2, 0) is 9.53 Å². The summed E-state index contributed by atoms with van der Waals surface area (Å²) < 4.78 is 4.73. The van der Waals surface area contributed by atoms with Crippen LogP contribution in [-0.4, -0.2) is 12.6 Å². The first-order valence-electron chi connectivity index (χ1n) is 4.18. The first kappa shape index (κ1) is 11.0. The first-order valence-corrected chi connectivity index (χ1v) is 4.18. The summed E-state index contributed by atoms with van der Waals surface area (Å²) in [5.74, 6) is -0.641. The monoisotopic (exact) mass is 169 g/mol. The predicted octanol–water partition coefficient (Wildman–Crippen LogP) is 1.74. The molecule has 0 aliphatic heterocycles. The highest BCUT2D eigenvalue weighted by Crippen LogP contribution is 2.12. The fourth-order valence-corrected chi connectivity index (χ4v) is 0.916. The summed E-state index contributed by atoms with van der Waals surface area (Å²) >= 11 is 0. The molecule has 0 heterocycles. The van der Waals surface area contributed by atoms with E-state index in [2.05, 4.69) is 0 Å². The van der Waals surface area contributed by atoms with Crippen LogP contribution in [0.4, 0.5) is 0 Å². The van der Waals surface area contributed by atoms with Gasteiger partial charge in [0.05, 0.1) is 12.7 Å². The molecule has 0 aromatic heterocycles. The number of hydrogen-bond donors (Lipinski definition) is 0. The summed E-state index contributed by atoms with van der Waals surface area (Å²) in [7, 11) is 0. The maximum atomic E-state index is 11.1. The van der Waals surface area contributed by atoms with Gasteiger partial charge in [-0.15, -0.1) is 0 Å². The molecule has 3 heteroatoms. The quantitative estimate of drug-likeness (QED) is 0.602. The van der Waals surface area contributed by atoms with Crippen molar-refractivity contribution in [1.82, 2.24) is 0 Å². The van der Waals surface area contributed by atoms with Crippen molar-refractivity contribution in [1.29, 1.82) is 5.26 Å². The molecule has 0 N–H and O–H groups in total. The number of nitriles is 1. The van der Waals surface area contributed by atoms with Crippen molar-refractivity contribution in [2.24, 2.45) is 11.8 Å². The average Bonchev–Trinajstić information content (AvgIpc) is 2.00. The van der Waals surface area contributed by atoms with Gasteiger partial charge >= 0.3 is 5.97 Å². The van der Waals surface area contributed by atoms with Gasteiger partial charge in [-0.2, -0.15) is 5.26 Å². The normalized spacial score (nSPS) is 12.2. The Bertz CT molecular complexity index is 181. The Morgan fingerprint density at radius 2 is 2.17 bits per heavy atom. The summed E-state index contributed by atoms with van der Waals surface area (Å²) in [6.07, 6.45) is 0.579. The Hall–Kier alpha value is -1.04. The van der Waals surface area contributed by atoms with E-state index >= 15 is 0 Å². The molecule has 0 aromatic rings. The highest BCUT2D eigenvalue weighted by atomic mass is 16.5. The molecule has 0 fully saturated rings. The molecule has 68 valence electrons. The molecular formula is C9H15NO2. The summed E-state index contributed by atoms with van der Waals surface area (Å²) in [5, 5.41) is 8.62. The van der Waals surface area contributed by atoms with Gasteiger partial charge in [-0.3, -0.25) is 4.79 Å². The van der Waals surface area contributed by atoms with E-state index in [1.54, 1.807) is 6.92 Å². The highest BCUT2D eigenvalue weighted by molar-refractivity contribution is 5.75. The number of ether oxygens (including phenoxy) is 1. The van der Waals surface area contributed by atoms with Crippen molar-refractivity contribution in [2.45, 2.75) is 27.2 Å². The van der Waals surface area contributed by atoms with E-state index in [0.717, 1.165) is 0 Å². The largest absolute Gasteiger partial charge is 0.465 e. The molecule has 1 unspecified atom stereocenters. The average molecular weight is 169 g/mol. The summed E-state index contributed by atoms with van der Waals surface area (Å²) in [6, 6.07) is 1.94. The lowest BCUT2D eigenvalue weighted by Gasteiger charge is -2.09. The molecule has 0 rings (SSSR count). The Labute approximate surface area is 73.3 Å². The van der Waals surface area contributed by atoms with Crippen molar-refractivity contribution >= 4 is 5.97 Å². The molecular weight excluding hydrogens is 154 g/mol. The van der Waals surface area contributed by atoms with Gasteiger partial charge in [-0.05, 0) is 19.3 Å². The Morgan fingerprint density at radius 1 is 1.58 bits per heavy atom. The van der Waals surface area contributed by atoms with Gasteiger partial charge in [-0.25, -0.2) is 0 Å². The van der Waals surface area contributed by atoms with E-state index < -0.39 is 11.9 Å². The zero-order valence-corrected chi connectivity index (χ0v) is 7.83. The highest BCUT2D eigenvalue weighted by Gasteiger charge is 2.19. The first-order chi connectivity index (χ1) is 5.61. The molecule has 12 heavy (non-hydrogen) atoms. The predicted molar refractivity (Wildman–Crippen MR) is 45.2 cm³/mol. The molecule has 0 radical (unpaired) electrons. The molecule has 0 saturated carbocycles. The van der Waals surface area contributed by atoms with Gasteiger partial charge in [-0.1, -0.05) is 13.8 Å². The maximum Gasteiger partial charge on any atom is 0.323 e. The molecule has 0 saturated heterocycles. The number of nitrogens with zero attached hydrogens (tertiary/aromatic N) is 1. The number of carbonyl (C=O) groups is 1. The zero-order chi connectivity index (χ0) is 9.56. The van der Waals surface area contributed by atoms with E-state index in [9.17, 15) is 4.79 Å². The number of carbonyl (C=O) groups excluding carboxylic acids is 1. The van der Waals surface area contributed by atoms with Crippen LogP contribution < -0.4 is 0 Å². The topological polar surface area (TPSA) is 50.1 Å². The zero-order valence-electron chi connectivity index (χ0n) is 7.83. The Kier molecular flexibility index (Phi) is 5.11. The summed E-state index contributed by atoms with van der Waals surface area (Å²) in [5.41, 5.74) is 0. The lowest BCUT2D eigenvalue weighted by atomic mass is 9.99. The van der Waals surface area contributed by atoms with Crippen LogP contribution in [0, 0.1) is 23.2 Å². The molecule has 0 aliphatic rings. The van der Waals surface area contributed by atoms with Crippen LogP contribution in [0.3, 0.4) is 0 Å². The summed E-state index contributed by atoms with van der Waals surface area (Å²) in [6.45, 7) is 6.03. The van der Waals surface area contributed by atoms with Crippen LogP contribution in [0.15, 0.2) is 0 Å². The van der Waals surface area contributed by atoms with Crippen molar-refractivity contribution in [3.63, 3.8) is 0 Å². The van der Waals surface area contributed by atoms with Gasteiger partial charge in [0.15, 0.2) is 0 Å². The minimum absolute atomic E-state index is 0.342. The van der Waals surface area contributed by atoms with Gasteiger partial charge in [0.2, 0.25) is 0 Å². The minimum atomic E-state index is -0.593.